The molecule has 0 radical (unpaired) electrons. The van der Waals surface area contributed by atoms with Crippen molar-refractivity contribution in [3.63, 3.8) is 0 Å². The second kappa shape index (κ2) is 6.20. The van der Waals surface area contributed by atoms with E-state index in [2.05, 4.69) is 30.7 Å². The molecule has 0 unspecified atom stereocenters. The summed E-state index contributed by atoms with van der Waals surface area (Å²) in [5, 5.41) is 3.10. The number of thiazole rings is 1. The van der Waals surface area contributed by atoms with Crippen molar-refractivity contribution in [2.75, 3.05) is 31.1 Å². The van der Waals surface area contributed by atoms with Gasteiger partial charge < -0.3 is 4.90 Å². The summed E-state index contributed by atoms with van der Waals surface area (Å²) in [6, 6.07) is 5.08. The van der Waals surface area contributed by atoms with Crippen LogP contribution in [-0.4, -0.2) is 36.1 Å². The summed E-state index contributed by atoms with van der Waals surface area (Å²) in [6.45, 7) is 4.71. The first kappa shape index (κ1) is 14.0. The van der Waals surface area contributed by atoms with Crippen molar-refractivity contribution in [2.45, 2.75) is 6.54 Å². The van der Waals surface area contributed by atoms with Crippen molar-refractivity contribution in [3.05, 3.63) is 45.6 Å². The smallest absolute Gasteiger partial charge is 0.185 e. The van der Waals surface area contributed by atoms with Crippen molar-refractivity contribution in [1.29, 1.82) is 0 Å². The summed E-state index contributed by atoms with van der Waals surface area (Å²) >= 11 is 5.02. The molecule has 0 atom stereocenters. The number of aromatic nitrogens is 1. The SMILES string of the molecule is Fc1cc(Br)cc(CN2CCN(c3nccs3)CC2)c1. The molecule has 1 saturated heterocycles. The predicted molar refractivity (Wildman–Crippen MR) is 83.7 cm³/mol. The van der Waals surface area contributed by atoms with Crippen molar-refractivity contribution in [2.24, 2.45) is 0 Å². The molecule has 1 aliphatic rings. The summed E-state index contributed by atoms with van der Waals surface area (Å²) in [5.74, 6) is -0.184. The molecule has 0 aliphatic carbocycles. The van der Waals surface area contributed by atoms with Gasteiger partial charge in [-0.1, -0.05) is 15.9 Å². The molecule has 1 fully saturated rings. The number of hydrogen-bond donors (Lipinski definition) is 0. The lowest BCUT2D eigenvalue weighted by molar-refractivity contribution is 0.249. The zero-order valence-corrected chi connectivity index (χ0v) is 13.3. The Hall–Kier alpha value is -0.980. The molecule has 1 aromatic carbocycles. The van der Waals surface area contributed by atoms with E-state index in [-0.39, 0.29) is 5.82 Å². The molecule has 3 nitrogen and oxygen atoms in total. The van der Waals surface area contributed by atoms with Crippen LogP contribution in [0, 0.1) is 5.82 Å². The normalized spacial score (nSPS) is 16.6. The van der Waals surface area contributed by atoms with Gasteiger partial charge in [-0.2, -0.15) is 0 Å². The minimum Gasteiger partial charge on any atom is -0.346 e. The van der Waals surface area contributed by atoms with Crippen LogP contribution < -0.4 is 4.90 Å². The Balaban J connectivity index is 1.58. The Morgan fingerprint density at radius 2 is 2.00 bits per heavy atom. The highest BCUT2D eigenvalue weighted by atomic mass is 79.9. The van der Waals surface area contributed by atoms with Crippen molar-refractivity contribution in [3.8, 4) is 0 Å². The van der Waals surface area contributed by atoms with E-state index in [1.165, 1.54) is 6.07 Å². The standard InChI is InChI=1S/C14H15BrFN3S/c15-12-7-11(8-13(16)9-12)10-18-2-4-19(5-3-18)14-17-1-6-20-14/h1,6-9H,2-5,10H2. The Labute approximate surface area is 130 Å². The van der Waals surface area contributed by atoms with Crippen LogP contribution in [0.3, 0.4) is 0 Å². The van der Waals surface area contributed by atoms with Crippen LogP contribution in [0.25, 0.3) is 0 Å². The molecule has 0 N–H and O–H groups in total. The maximum absolute atomic E-state index is 13.4. The zero-order chi connectivity index (χ0) is 13.9. The first-order valence-corrected chi connectivity index (χ1v) is 8.20. The fraction of sp³-hybridized carbons (Fsp3) is 0.357. The monoisotopic (exact) mass is 355 g/mol. The third kappa shape index (κ3) is 3.37. The number of benzene rings is 1. The van der Waals surface area contributed by atoms with E-state index in [0.717, 1.165) is 47.9 Å². The third-order valence-electron chi connectivity index (χ3n) is 3.39. The van der Waals surface area contributed by atoms with Crippen LogP contribution in [0.5, 0.6) is 0 Å². The molecule has 0 bridgehead atoms. The van der Waals surface area contributed by atoms with E-state index in [1.54, 1.807) is 17.4 Å². The molecule has 0 saturated carbocycles. The quantitative estimate of drug-likeness (QED) is 0.841. The summed E-state index contributed by atoms with van der Waals surface area (Å²) in [6.07, 6.45) is 1.84. The average Bonchev–Trinajstić information content (AvgIpc) is 2.92. The van der Waals surface area contributed by atoms with E-state index in [9.17, 15) is 4.39 Å². The van der Waals surface area contributed by atoms with Gasteiger partial charge in [-0.25, -0.2) is 9.37 Å². The average molecular weight is 356 g/mol. The molecule has 20 heavy (non-hydrogen) atoms. The number of nitrogens with zero attached hydrogens (tertiary/aromatic N) is 3. The van der Waals surface area contributed by atoms with Gasteiger partial charge in [-0.3, -0.25) is 4.90 Å². The maximum atomic E-state index is 13.4. The van der Waals surface area contributed by atoms with Gasteiger partial charge in [0.15, 0.2) is 5.13 Å². The highest BCUT2D eigenvalue weighted by Gasteiger charge is 2.18. The van der Waals surface area contributed by atoms with E-state index < -0.39 is 0 Å². The van der Waals surface area contributed by atoms with Gasteiger partial charge in [0.1, 0.15) is 5.82 Å². The second-order valence-electron chi connectivity index (χ2n) is 4.86. The Kier molecular flexibility index (Phi) is 4.33. The van der Waals surface area contributed by atoms with Gasteiger partial charge in [0.25, 0.3) is 0 Å². The molecule has 1 aromatic heterocycles. The lowest BCUT2D eigenvalue weighted by atomic mass is 10.2. The first-order chi connectivity index (χ1) is 9.70. The number of hydrogen-bond acceptors (Lipinski definition) is 4. The summed E-state index contributed by atoms with van der Waals surface area (Å²) in [5.41, 5.74) is 1.01. The van der Waals surface area contributed by atoms with Gasteiger partial charge in [-0.05, 0) is 23.8 Å². The van der Waals surface area contributed by atoms with Crippen LogP contribution in [-0.2, 0) is 6.54 Å². The number of rotatable bonds is 3. The largest absolute Gasteiger partial charge is 0.346 e. The Morgan fingerprint density at radius 1 is 1.20 bits per heavy atom. The van der Waals surface area contributed by atoms with Crippen LogP contribution in [0.15, 0.2) is 34.2 Å². The van der Waals surface area contributed by atoms with Crippen molar-refractivity contribution < 1.29 is 4.39 Å². The van der Waals surface area contributed by atoms with Crippen molar-refractivity contribution >= 4 is 32.4 Å². The molecule has 106 valence electrons. The van der Waals surface area contributed by atoms with Gasteiger partial charge in [0.05, 0.1) is 0 Å². The molecular formula is C14H15BrFN3S. The summed E-state index contributed by atoms with van der Waals surface area (Å²) in [7, 11) is 0. The van der Waals surface area contributed by atoms with Gasteiger partial charge in [-0.15, -0.1) is 11.3 Å². The molecule has 0 spiro atoms. The molecular weight excluding hydrogens is 341 g/mol. The van der Waals surface area contributed by atoms with Crippen LogP contribution in [0.1, 0.15) is 5.56 Å². The van der Waals surface area contributed by atoms with Crippen LogP contribution >= 0.6 is 27.3 Å². The lowest BCUT2D eigenvalue weighted by Gasteiger charge is -2.34. The molecule has 2 aromatic rings. The molecule has 1 aliphatic heterocycles. The van der Waals surface area contributed by atoms with E-state index >= 15 is 0 Å². The minimum absolute atomic E-state index is 0.184. The lowest BCUT2D eigenvalue weighted by Crippen LogP contribution is -2.45. The predicted octanol–water partition coefficient (Wildman–Crippen LogP) is 3.37. The molecule has 2 heterocycles. The van der Waals surface area contributed by atoms with E-state index in [1.807, 2.05) is 17.6 Å². The van der Waals surface area contributed by atoms with E-state index in [0.29, 0.717) is 0 Å². The van der Waals surface area contributed by atoms with Crippen LogP contribution in [0.2, 0.25) is 0 Å². The van der Waals surface area contributed by atoms with Crippen molar-refractivity contribution in [1.82, 2.24) is 9.88 Å². The Bertz CT molecular complexity index is 548. The van der Waals surface area contributed by atoms with Gasteiger partial charge in [0.2, 0.25) is 0 Å². The maximum Gasteiger partial charge on any atom is 0.185 e. The molecule has 3 rings (SSSR count). The number of piperazine rings is 1. The topological polar surface area (TPSA) is 19.4 Å². The summed E-state index contributed by atoms with van der Waals surface area (Å²) in [4.78, 5) is 9.00. The highest BCUT2D eigenvalue weighted by molar-refractivity contribution is 9.10. The first-order valence-electron chi connectivity index (χ1n) is 6.52. The number of halogens is 2. The third-order valence-corrected chi connectivity index (χ3v) is 4.68. The second-order valence-corrected chi connectivity index (χ2v) is 6.64. The fourth-order valence-corrected chi connectivity index (χ4v) is 3.64. The molecule has 6 heteroatoms. The molecule has 0 amide bonds. The Morgan fingerprint density at radius 3 is 2.65 bits per heavy atom. The fourth-order valence-electron chi connectivity index (χ4n) is 2.43. The summed E-state index contributed by atoms with van der Waals surface area (Å²) < 4.78 is 14.2. The minimum atomic E-state index is -0.184. The van der Waals surface area contributed by atoms with Gasteiger partial charge >= 0.3 is 0 Å². The van der Waals surface area contributed by atoms with Gasteiger partial charge in [0, 0.05) is 48.8 Å². The highest BCUT2D eigenvalue weighted by Crippen LogP contribution is 2.21. The number of anilines is 1. The van der Waals surface area contributed by atoms with Crippen LogP contribution in [0.4, 0.5) is 9.52 Å². The van der Waals surface area contributed by atoms with E-state index in [4.69, 9.17) is 0 Å². The zero-order valence-electron chi connectivity index (χ0n) is 10.9.